The van der Waals surface area contributed by atoms with Crippen molar-refractivity contribution >= 4 is 78.1 Å². The predicted molar refractivity (Wildman–Crippen MR) is 262 cm³/mol. The molecule has 12 nitrogen and oxygen atoms in total. The summed E-state index contributed by atoms with van der Waals surface area (Å²) in [7, 11) is 0. The third kappa shape index (κ3) is 8.22. The summed E-state index contributed by atoms with van der Waals surface area (Å²) >= 11 is 3.53. The van der Waals surface area contributed by atoms with Gasteiger partial charge in [0.25, 0.3) is 0 Å². The first kappa shape index (κ1) is 43.4. The SMILES string of the molecule is CC(=O)N[C@@H](C(=O)N1CCCC1C1=Nc2ccc(-c3csc4c(-c5ccc(-c6ccc7nc(C8CCCN8C(=O)[C@H](NC(=O)CO)C(C)C)[nH]c7c6)cc5)csc34)cc2C1)c1ccccc1. The number of fused-ring (bicyclic) bond motifs is 3. The number of nitrogens with one attached hydrogen (secondary N) is 3. The number of aliphatic hydroxyl groups is 1. The van der Waals surface area contributed by atoms with Crippen LogP contribution >= 0.6 is 22.7 Å². The summed E-state index contributed by atoms with van der Waals surface area (Å²) in [6.45, 7) is 5.78. The molecular formula is C52H51N7O5S2. The second kappa shape index (κ2) is 18.1. The first-order valence-electron chi connectivity index (χ1n) is 22.7. The van der Waals surface area contributed by atoms with Gasteiger partial charge in [-0.1, -0.05) is 80.6 Å². The predicted octanol–water partition coefficient (Wildman–Crippen LogP) is 9.13. The maximum Gasteiger partial charge on any atom is 0.250 e. The minimum Gasteiger partial charge on any atom is -0.387 e. The van der Waals surface area contributed by atoms with Crippen molar-refractivity contribution in [3.8, 4) is 33.4 Å². The van der Waals surface area contributed by atoms with Gasteiger partial charge >= 0.3 is 0 Å². The van der Waals surface area contributed by atoms with Crippen molar-refractivity contribution in [1.82, 2.24) is 30.4 Å². The number of aromatic nitrogens is 2. The van der Waals surface area contributed by atoms with E-state index in [1.807, 2.05) is 60.0 Å². The highest BCUT2D eigenvalue weighted by Crippen LogP contribution is 2.46. The van der Waals surface area contributed by atoms with Gasteiger partial charge in [0.2, 0.25) is 23.6 Å². The molecule has 2 unspecified atom stereocenters. The molecule has 0 spiro atoms. The van der Waals surface area contributed by atoms with E-state index in [1.165, 1.54) is 27.5 Å². The largest absolute Gasteiger partial charge is 0.387 e. The number of hydrogen-bond acceptors (Lipinski definition) is 9. The number of amides is 4. The summed E-state index contributed by atoms with van der Waals surface area (Å²) in [5.41, 5.74) is 12.5. The Kier molecular flexibility index (Phi) is 11.9. The van der Waals surface area contributed by atoms with Crippen molar-refractivity contribution in [3.05, 3.63) is 119 Å². The monoisotopic (exact) mass is 917 g/mol. The summed E-state index contributed by atoms with van der Waals surface area (Å²) in [4.78, 5) is 69.1. The van der Waals surface area contributed by atoms with Crippen LogP contribution in [-0.2, 0) is 25.6 Å². The number of nitrogens with zero attached hydrogens (tertiary/aromatic N) is 4. The number of hydrogen-bond donors (Lipinski definition) is 4. The summed E-state index contributed by atoms with van der Waals surface area (Å²) < 4.78 is 2.52. The van der Waals surface area contributed by atoms with Crippen LogP contribution in [0, 0.1) is 5.92 Å². The highest BCUT2D eigenvalue weighted by atomic mass is 32.1. The first-order chi connectivity index (χ1) is 32.0. The quantitative estimate of drug-likeness (QED) is 0.0957. The normalized spacial score (nSPS) is 17.9. The molecule has 2 saturated heterocycles. The Morgan fingerprint density at radius 2 is 1.42 bits per heavy atom. The number of aliphatic imine (C=N–C) groups is 1. The third-order valence-electron chi connectivity index (χ3n) is 13.2. The van der Waals surface area contributed by atoms with E-state index in [0.29, 0.717) is 19.5 Å². The van der Waals surface area contributed by atoms with E-state index in [1.54, 1.807) is 22.7 Å². The van der Waals surface area contributed by atoms with E-state index in [4.69, 9.17) is 9.98 Å². The Morgan fingerprint density at radius 1 is 0.773 bits per heavy atom. The number of aromatic amines is 1. The van der Waals surface area contributed by atoms with Gasteiger partial charge in [-0.2, -0.15) is 0 Å². The van der Waals surface area contributed by atoms with Crippen molar-refractivity contribution in [3.63, 3.8) is 0 Å². The van der Waals surface area contributed by atoms with Gasteiger partial charge in [0.1, 0.15) is 24.5 Å². The average Bonchev–Trinajstić information content (AvgIpc) is 4.19. The van der Waals surface area contributed by atoms with Crippen LogP contribution in [0.3, 0.4) is 0 Å². The van der Waals surface area contributed by atoms with Crippen LogP contribution in [0.1, 0.15) is 75.5 Å². The lowest BCUT2D eigenvalue weighted by molar-refractivity contribution is -0.139. The molecule has 0 radical (unpaired) electrons. The highest BCUT2D eigenvalue weighted by Gasteiger charge is 2.39. The number of likely N-dealkylation sites (tertiary alicyclic amines) is 2. The highest BCUT2D eigenvalue weighted by molar-refractivity contribution is 7.27. The number of aliphatic hydroxyl groups excluding tert-OH is 1. The molecule has 10 rings (SSSR count). The standard InChI is InChI=1S/C52H51N7O5S2/c1-29(2)46(57-45(62)26-60)51(63)59-22-8-12-44(59)50-55-40-20-17-34(24-41(40)56-50)31-13-15-32(16-14-31)37-27-65-49-38(28-66-48(37)49)35-18-19-39-36(23-35)25-42(54-39)43-11-7-21-58(43)52(64)47(53-30(3)61)33-9-5-4-6-10-33/h4-6,9-10,13-20,23-24,27-29,43-44,46-47,60H,7-8,11-12,21-22,25-26H2,1-3H3,(H,53,61)(H,55,56)(H,57,62)/t43?,44?,46-,47-/m1/s1. The molecule has 0 bridgehead atoms. The Labute approximate surface area is 390 Å². The summed E-state index contributed by atoms with van der Waals surface area (Å²) in [6, 6.07) is 29.1. The smallest absolute Gasteiger partial charge is 0.250 e. The number of thiophene rings is 2. The molecule has 66 heavy (non-hydrogen) atoms. The van der Waals surface area contributed by atoms with Gasteiger partial charge in [-0.25, -0.2) is 4.98 Å². The van der Waals surface area contributed by atoms with Crippen molar-refractivity contribution in [2.24, 2.45) is 10.9 Å². The zero-order valence-electron chi connectivity index (χ0n) is 37.0. The van der Waals surface area contributed by atoms with Crippen LogP contribution in [0.25, 0.3) is 53.8 Å². The number of carbonyl (C=O) groups is 4. The fourth-order valence-corrected chi connectivity index (χ4v) is 12.4. The van der Waals surface area contributed by atoms with Crippen LogP contribution in [-0.4, -0.2) is 86.0 Å². The van der Waals surface area contributed by atoms with Crippen LogP contribution in [0.5, 0.6) is 0 Å². The van der Waals surface area contributed by atoms with Gasteiger partial charge in [-0.3, -0.25) is 24.2 Å². The molecule has 4 N–H and O–H groups in total. The second-order valence-electron chi connectivity index (χ2n) is 17.9. The Balaban J connectivity index is 0.830. The molecule has 0 saturated carbocycles. The fraction of sp³-hybridized carbons (Fsp3) is 0.308. The van der Waals surface area contributed by atoms with E-state index in [2.05, 4.69) is 81.0 Å². The fourth-order valence-electron chi connectivity index (χ4n) is 9.92. The molecular weight excluding hydrogens is 867 g/mol. The molecule has 4 amide bonds. The molecule has 4 atom stereocenters. The van der Waals surface area contributed by atoms with Crippen LogP contribution < -0.4 is 10.6 Å². The molecule has 0 aliphatic carbocycles. The summed E-state index contributed by atoms with van der Waals surface area (Å²) in [6.07, 6.45) is 4.03. The van der Waals surface area contributed by atoms with E-state index in [0.717, 1.165) is 87.3 Å². The molecule has 7 aromatic rings. The molecule has 3 aromatic heterocycles. The van der Waals surface area contributed by atoms with Gasteiger partial charge in [0, 0.05) is 54.0 Å². The summed E-state index contributed by atoms with van der Waals surface area (Å²) in [5.74, 6) is -0.460. The Hall–Kier alpha value is -6.48. The number of benzene rings is 4. The molecule has 3 aliphatic rings. The zero-order chi connectivity index (χ0) is 45.6. The summed E-state index contributed by atoms with van der Waals surface area (Å²) in [5, 5.41) is 19.4. The molecule has 6 heterocycles. The molecule has 3 aliphatic heterocycles. The number of carbonyl (C=O) groups excluding carboxylic acids is 4. The first-order valence-corrected chi connectivity index (χ1v) is 24.4. The third-order valence-corrected chi connectivity index (χ3v) is 15.4. The van der Waals surface area contributed by atoms with Crippen LogP contribution in [0.2, 0.25) is 0 Å². The molecule has 2 fully saturated rings. The second-order valence-corrected chi connectivity index (χ2v) is 19.6. The lowest BCUT2D eigenvalue weighted by Crippen LogP contribution is -2.51. The number of imidazole rings is 1. The lowest BCUT2D eigenvalue weighted by Gasteiger charge is -2.30. The minimum atomic E-state index is -0.737. The van der Waals surface area contributed by atoms with Gasteiger partial charge in [0.05, 0.1) is 38.2 Å². The maximum absolute atomic E-state index is 14.0. The van der Waals surface area contributed by atoms with E-state index >= 15 is 0 Å². The van der Waals surface area contributed by atoms with E-state index in [9.17, 15) is 24.3 Å². The van der Waals surface area contributed by atoms with Crippen molar-refractivity contribution in [1.29, 1.82) is 0 Å². The maximum atomic E-state index is 14.0. The average molecular weight is 918 g/mol. The topological polar surface area (TPSA) is 160 Å². The zero-order valence-corrected chi connectivity index (χ0v) is 38.7. The number of H-pyrrole nitrogens is 1. The van der Waals surface area contributed by atoms with Gasteiger partial charge < -0.3 is 30.5 Å². The lowest BCUT2D eigenvalue weighted by atomic mass is 9.98. The minimum absolute atomic E-state index is 0.0959. The van der Waals surface area contributed by atoms with Gasteiger partial charge in [-0.05, 0) is 89.2 Å². The van der Waals surface area contributed by atoms with Crippen LogP contribution in [0.15, 0.2) is 107 Å². The van der Waals surface area contributed by atoms with Crippen LogP contribution in [0.4, 0.5) is 5.69 Å². The number of rotatable bonds is 12. The molecule has 336 valence electrons. The van der Waals surface area contributed by atoms with Gasteiger partial charge in [-0.15, -0.1) is 22.7 Å². The Morgan fingerprint density at radius 3 is 2.12 bits per heavy atom. The molecule has 4 aromatic carbocycles. The van der Waals surface area contributed by atoms with Gasteiger partial charge in [0.15, 0.2) is 0 Å². The molecule has 14 heteroatoms. The van der Waals surface area contributed by atoms with Crippen molar-refractivity contribution in [2.75, 3.05) is 19.7 Å². The Bertz CT molecular complexity index is 3030. The van der Waals surface area contributed by atoms with E-state index < -0.39 is 24.6 Å². The van der Waals surface area contributed by atoms with E-state index in [-0.39, 0.29) is 35.7 Å². The van der Waals surface area contributed by atoms with Crippen molar-refractivity contribution in [2.45, 2.75) is 77.0 Å². The van der Waals surface area contributed by atoms with Crippen molar-refractivity contribution < 1.29 is 24.3 Å².